The molecule has 0 amide bonds. The number of hydrogen-bond acceptors (Lipinski definition) is 4. The Kier molecular flexibility index (Phi) is 6.23. The minimum absolute atomic E-state index is 0.761. The molecule has 1 rings (SSSR count). The molecule has 0 bridgehead atoms. The average Bonchev–Trinajstić information content (AvgIpc) is 2.35. The van der Waals surface area contributed by atoms with Gasteiger partial charge in [-0.3, -0.25) is 0 Å². The van der Waals surface area contributed by atoms with Gasteiger partial charge in [-0.25, -0.2) is 0 Å². The fourth-order valence-electron chi connectivity index (χ4n) is 1.50. The van der Waals surface area contributed by atoms with Crippen LogP contribution >= 0.6 is 27.7 Å². The van der Waals surface area contributed by atoms with E-state index in [1.807, 2.05) is 12.1 Å². The van der Waals surface area contributed by atoms with E-state index in [0.29, 0.717) is 0 Å². The van der Waals surface area contributed by atoms with Gasteiger partial charge in [-0.15, -0.1) is 0 Å². The molecule has 0 aliphatic carbocycles. The van der Waals surface area contributed by atoms with E-state index in [4.69, 9.17) is 14.7 Å². The smallest absolute Gasteiger partial charge is 0.136 e. The number of benzene rings is 1. The van der Waals surface area contributed by atoms with Crippen LogP contribution < -0.4 is 9.47 Å². The normalized spacial score (nSPS) is 9.76. The number of thiocyanates is 1. The molecule has 0 saturated heterocycles. The molecule has 1 aromatic rings. The van der Waals surface area contributed by atoms with Gasteiger partial charge in [0, 0.05) is 11.8 Å². The lowest BCUT2D eigenvalue weighted by atomic mass is 10.1. The lowest BCUT2D eigenvalue weighted by Gasteiger charge is -2.11. The van der Waals surface area contributed by atoms with Crippen molar-refractivity contribution in [1.29, 1.82) is 5.26 Å². The van der Waals surface area contributed by atoms with Crippen molar-refractivity contribution >= 4 is 27.7 Å². The molecule has 0 aliphatic rings. The Hall–Kier alpha value is -0.860. The van der Waals surface area contributed by atoms with Crippen molar-refractivity contribution in [3.05, 3.63) is 22.2 Å². The number of thioether (sulfide) groups is 1. The van der Waals surface area contributed by atoms with Crippen LogP contribution in [0.15, 0.2) is 16.6 Å². The largest absolute Gasteiger partial charge is 0.496 e. The first-order valence-electron chi connectivity index (χ1n) is 5.14. The Balaban J connectivity index is 2.77. The van der Waals surface area contributed by atoms with Gasteiger partial charge in [0.25, 0.3) is 0 Å². The highest BCUT2D eigenvalue weighted by Crippen LogP contribution is 2.33. The number of rotatable bonds is 6. The molecule has 5 heteroatoms. The minimum Gasteiger partial charge on any atom is -0.496 e. The van der Waals surface area contributed by atoms with Crippen LogP contribution in [-0.2, 0) is 6.42 Å². The van der Waals surface area contributed by atoms with E-state index in [-0.39, 0.29) is 0 Å². The quantitative estimate of drug-likeness (QED) is 0.594. The Labute approximate surface area is 114 Å². The van der Waals surface area contributed by atoms with Gasteiger partial charge in [0.15, 0.2) is 0 Å². The maximum Gasteiger partial charge on any atom is 0.136 e. The van der Waals surface area contributed by atoms with Crippen molar-refractivity contribution in [2.24, 2.45) is 0 Å². The van der Waals surface area contributed by atoms with Crippen LogP contribution in [-0.4, -0.2) is 20.0 Å². The van der Waals surface area contributed by atoms with Crippen molar-refractivity contribution in [2.75, 3.05) is 20.0 Å². The summed E-state index contributed by atoms with van der Waals surface area (Å²) in [4.78, 5) is 0. The van der Waals surface area contributed by atoms with Crippen molar-refractivity contribution in [1.82, 2.24) is 0 Å². The zero-order valence-corrected chi connectivity index (χ0v) is 12.2. The SMILES string of the molecule is COc1cc(OC)c(CCCSC#N)cc1Br. The maximum atomic E-state index is 8.44. The summed E-state index contributed by atoms with van der Waals surface area (Å²) >= 11 is 4.74. The fraction of sp³-hybridized carbons (Fsp3) is 0.417. The summed E-state index contributed by atoms with van der Waals surface area (Å²) in [6, 6.07) is 3.88. The van der Waals surface area contributed by atoms with Crippen molar-refractivity contribution in [2.45, 2.75) is 12.8 Å². The number of aryl methyl sites for hydroxylation is 1. The van der Waals surface area contributed by atoms with Crippen molar-refractivity contribution in [3.63, 3.8) is 0 Å². The van der Waals surface area contributed by atoms with Gasteiger partial charge in [-0.05, 0) is 52.2 Å². The zero-order chi connectivity index (χ0) is 12.7. The number of halogens is 1. The van der Waals surface area contributed by atoms with Crippen LogP contribution in [0.3, 0.4) is 0 Å². The lowest BCUT2D eigenvalue weighted by molar-refractivity contribution is 0.389. The molecule has 92 valence electrons. The summed E-state index contributed by atoms with van der Waals surface area (Å²) in [7, 11) is 3.28. The topological polar surface area (TPSA) is 42.2 Å². The van der Waals surface area contributed by atoms with Crippen LogP contribution in [0.5, 0.6) is 11.5 Å². The molecule has 17 heavy (non-hydrogen) atoms. The highest BCUT2D eigenvalue weighted by Gasteiger charge is 2.09. The van der Waals surface area contributed by atoms with Crippen molar-refractivity contribution in [3.8, 4) is 16.9 Å². The Morgan fingerprint density at radius 1 is 1.29 bits per heavy atom. The monoisotopic (exact) mass is 315 g/mol. The number of nitrogens with zero attached hydrogens (tertiary/aromatic N) is 1. The van der Waals surface area contributed by atoms with Crippen LogP contribution in [0, 0.1) is 10.7 Å². The molecule has 0 atom stereocenters. The second-order valence-corrected chi connectivity index (χ2v) is 5.08. The Bertz CT molecular complexity index is 418. The fourth-order valence-corrected chi connectivity index (χ4v) is 2.43. The molecule has 0 fully saturated rings. The molecule has 0 unspecified atom stereocenters. The molecular weight excluding hydrogens is 302 g/mol. The summed E-state index contributed by atoms with van der Waals surface area (Å²) in [5, 5.41) is 10.5. The number of hydrogen-bond donors (Lipinski definition) is 0. The highest BCUT2D eigenvalue weighted by atomic mass is 79.9. The van der Waals surface area contributed by atoms with Crippen LogP contribution in [0.1, 0.15) is 12.0 Å². The summed E-state index contributed by atoms with van der Waals surface area (Å²) in [5.41, 5.74) is 1.12. The molecule has 0 spiro atoms. The third-order valence-corrected chi connectivity index (χ3v) is 3.55. The Morgan fingerprint density at radius 3 is 2.59 bits per heavy atom. The summed E-state index contributed by atoms with van der Waals surface area (Å²) < 4.78 is 11.5. The first-order valence-corrected chi connectivity index (χ1v) is 6.92. The van der Waals surface area contributed by atoms with Gasteiger partial charge in [-0.1, -0.05) is 0 Å². The summed E-state index contributed by atoms with van der Waals surface area (Å²) in [6.07, 6.45) is 1.84. The molecule has 0 radical (unpaired) electrons. The minimum atomic E-state index is 0.761. The zero-order valence-electron chi connectivity index (χ0n) is 9.83. The standard InChI is InChI=1S/C12H14BrNO2S/c1-15-11-7-12(16-2)10(13)6-9(11)4-3-5-17-8-14/h6-7H,3-5H2,1-2H3. The van der Waals surface area contributed by atoms with Crippen LogP contribution in [0.25, 0.3) is 0 Å². The summed E-state index contributed by atoms with van der Waals surface area (Å²) in [5.74, 6) is 2.42. The molecule has 3 nitrogen and oxygen atoms in total. The molecule has 0 aromatic heterocycles. The van der Waals surface area contributed by atoms with E-state index in [2.05, 4.69) is 21.3 Å². The van der Waals surface area contributed by atoms with Gasteiger partial charge in [0.05, 0.1) is 18.7 Å². The van der Waals surface area contributed by atoms with Gasteiger partial charge >= 0.3 is 0 Å². The van der Waals surface area contributed by atoms with E-state index >= 15 is 0 Å². The van der Waals surface area contributed by atoms with E-state index in [9.17, 15) is 0 Å². The second kappa shape index (κ2) is 7.46. The third kappa shape index (κ3) is 4.14. The average molecular weight is 316 g/mol. The van der Waals surface area contributed by atoms with Crippen LogP contribution in [0.2, 0.25) is 0 Å². The molecule has 0 heterocycles. The van der Waals surface area contributed by atoms with E-state index < -0.39 is 0 Å². The van der Waals surface area contributed by atoms with E-state index in [1.165, 1.54) is 11.8 Å². The molecule has 1 aromatic carbocycles. The van der Waals surface area contributed by atoms with Gasteiger partial charge in [0.1, 0.15) is 16.9 Å². The van der Waals surface area contributed by atoms with Gasteiger partial charge in [-0.2, -0.15) is 5.26 Å². The lowest BCUT2D eigenvalue weighted by Crippen LogP contribution is -1.96. The molecule has 0 N–H and O–H groups in total. The van der Waals surface area contributed by atoms with E-state index in [0.717, 1.165) is 40.1 Å². The van der Waals surface area contributed by atoms with Crippen molar-refractivity contribution < 1.29 is 9.47 Å². The van der Waals surface area contributed by atoms with E-state index in [1.54, 1.807) is 14.2 Å². The first kappa shape index (κ1) is 14.2. The first-order chi connectivity index (χ1) is 8.22. The van der Waals surface area contributed by atoms with Crippen LogP contribution in [0.4, 0.5) is 0 Å². The number of nitriles is 1. The summed E-state index contributed by atoms with van der Waals surface area (Å²) in [6.45, 7) is 0. The number of methoxy groups -OCH3 is 2. The highest BCUT2D eigenvalue weighted by molar-refractivity contribution is 9.10. The number of ether oxygens (including phenoxy) is 2. The predicted octanol–water partition coefficient (Wildman–Crippen LogP) is 3.61. The van der Waals surface area contributed by atoms with Gasteiger partial charge < -0.3 is 9.47 Å². The molecule has 0 aliphatic heterocycles. The van der Waals surface area contributed by atoms with Gasteiger partial charge in [0.2, 0.25) is 0 Å². The second-order valence-electron chi connectivity index (χ2n) is 3.34. The molecule has 0 saturated carbocycles. The molecular formula is C12H14BrNO2S. The third-order valence-electron chi connectivity index (χ3n) is 2.31. The Morgan fingerprint density at radius 2 is 2.00 bits per heavy atom. The predicted molar refractivity (Wildman–Crippen MR) is 73.6 cm³/mol. The maximum absolute atomic E-state index is 8.44.